The highest BCUT2D eigenvalue weighted by Gasteiger charge is 2.15. The lowest BCUT2D eigenvalue weighted by Gasteiger charge is -2.11. The second kappa shape index (κ2) is 9.46. The van der Waals surface area contributed by atoms with Crippen LogP contribution < -0.4 is 10.1 Å². The first-order valence-electron chi connectivity index (χ1n) is 8.56. The van der Waals surface area contributed by atoms with Gasteiger partial charge in [-0.2, -0.15) is 0 Å². The summed E-state index contributed by atoms with van der Waals surface area (Å²) >= 11 is 1.69. The number of carbonyl (C=O) groups excluding carboxylic acids is 1. The van der Waals surface area contributed by atoms with E-state index >= 15 is 0 Å². The fourth-order valence-corrected chi connectivity index (χ4v) is 3.13. The van der Waals surface area contributed by atoms with Gasteiger partial charge in [-0.1, -0.05) is 39.0 Å². The molecule has 6 nitrogen and oxygen atoms in total. The molecule has 1 aromatic carbocycles. The quantitative estimate of drug-likeness (QED) is 0.691. The third kappa shape index (κ3) is 5.49. The van der Waals surface area contributed by atoms with Gasteiger partial charge in [-0.3, -0.25) is 4.79 Å². The minimum absolute atomic E-state index is 0.134. The Morgan fingerprint density at radius 3 is 2.60 bits per heavy atom. The van der Waals surface area contributed by atoms with Gasteiger partial charge in [0.15, 0.2) is 11.0 Å². The number of ether oxygens (including phenoxy) is 1. The number of thioether (sulfide) groups is 1. The van der Waals surface area contributed by atoms with Gasteiger partial charge in [-0.25, -0.2) is 0 Å². The zero-order valence-electron chi connectivity index (χ0n) is 15.3. The molecule has 0 bridgehead atoms. The number of aromatic nitrogens is 3. The van der Waals surface area contributed by atoms with Crippen LogP contribution in [0.15, 0.2) is 29.4 Å². The average molecular weight is 362 g/mol. The van der Waals surface area contributed by atoms with Crippen LogP contribution >= 0.6 is 11.8 Å². The highest BCUT2D eigenvalue weighted by atomic mass is 32.2. The number of nitrogens with zero attached hydrogens (tertiary/aromatic N) is 3. The Bertz CT molecular complexity index is 683. The Morgan fingerprint density at radius 1 is 1.28 bits per heavy atom. The second-order valence-electron chi connectivity index (χ2n) is 5.98. The largest absolute Gasteiger partial charge is 0.497 e. The summed E-state index contributed by atoms with van der Waals surface area (Å²) in [7, 11) is 1.60. The molecule has 0 atom stereocenters. The number of unbranched alkanes of at least 4 members (excludes halogenated alkanes) is 1. The number of benzene rings is 1. The van der Waals surface area contributed by atoms with Crippen LogP contribution in [-0.4, -0.2) is 33.0 Å². The highest BCUT2D eigenvalue weighted by Crippen LogP contribution is 2.22. The molecule has 0 aliphatic carbocycles. The fraction of sp³-hybridized carbons (Fsp3) is 0.500. The molecule has 0 aliphatic heterocycles. The van der Waals surface area contributed by atoms with Crippen LogP contribution in [0.5, 0.6) is 5.75 Å². The van der Waals surface area contributed by atoms with Crippen LogP contribution in [0, 0.1) is 0 Å². The summed E-state index contributed by atoms with van der Waals surface area (Å²) in [4.78, 5) is 12.3. The van der Waals surface area contributed by atoms with E-state index in [-0.39, 0.29) is 5.91 Å². The number of rotatable bonds is 9. The molecule has 0 radical (unpaired) electrons. The van der Waals surface area contributed by atoms with Crippen molar-refractivity contribution in [3.8, 4) is 5.75 Å². The normalized spacial score (nSPS) is 10.9. The van der Waals surface area contributed by atoms with Crippen LogP contribution in [0.25, 0.3) is 0 Å². The molecule has 1 aromatic heterocycles. The summed E-state index contributed by atoms with van der Waals surface area (Å²) in [5.74, 6) is 1.38. The van der Waals surface area contributed by atoms with Gasteiger partial charge in [0.25, 0.3) is 5.91 Å². The zero-order chi connectivity index (χ0) is 18.2. The van der Waals surface area contributed by atoms with E-state index in [9.17, 15) is 4.79 Å². The molecule has 1 heterocycles. The molecule has 7 heteroatoms. The standard InChI is InChI=1S/C18H26N4O2S/c1-5-6-11-22-16(20-21-18(22)25-13(2)3)12-19-17(23)14-7-9-15(24-4)10-8-14/h7-10,13H,5-6,11-12H2,1-4H3,(H,19,23). The molecule has 0 aliphatic rings. The van der Waals surface area contributed by atoms with Crippen LogP contribution in [0.1, 0.15) is 49.8 Å². The lowest BCUT2D eigenvalue weighted by Crippen LogP contribution is -2.25. The van der Waals surface area contributed by atoms with E-state index in [1.165, 1.54) is 0 Å². The fourth-order valence-electron chi connectivity index (χ4n) is 2.29. The first-order chi connectivity index (χ1) is 12.0. The van der Waals surface area contributed by atoms with Crippen molar-refractivity contribution in [3.05, 3.63) is 35.7 Å². The summed E-state index contributed by atoms with van der Waals surface area (Å²) in [6, 6.07) is 7.04. The Balaban J connectivity index is 2.05. The first-order valence-corrected chi connectivity index (χ1v) is 9.44. The monoisotopic (exact) mass is 362 g/mol. The van der Waals surface area contributed by atoms with Crippen molar-refractivity contribution in [1.82, 2.24) is 20.1 Å². The van der Waals surface area contributed by atoms with E-state index < -0.39 is 0 Å². The van der Waals surface area contributed by atoms with Gasteiger partial charge >= 0.3 is 0 Å². The number of nitrogens with one attached hydrogen (secondary N) is 1. The van der Waals surface area contributed by atoms with Crippen LogP contribution in [0.3, 0.4) is 0 Å². The highest BCUT2D eigenvalue weighted by molar-refractivity contribution is 7.99. The molecule has 0 spiro atoms. The van der Waals surface area contributed by atoms with Crippen molar-refractivity contribution in [1.29, 1.82) is 0 Å². The average Bonchev–Trinajstić information content (AvgIpc) is 2.98. The third-order valence-electron chi connectivity index (χ3n) is 3.63. The number of carbonyl (C=O) groups is 1. The maximum absolute atomic E-state index is 12.3. The van der Waals surface area contributed by atoms with Crippen molar-refractivity contribution in [2.45, 2.75) is 57.1 Å². The summed E-state index contributed by atoms with van der Waals surface area (Å²) in [5.41, 5.74) is 0.595. The molecule has 0 saturated heterocycles. The van der Waals surface area contributed by atoms with E-state index in [0.717, 1.165) is 36.1 Å². The first kappa shape index (κ1) is 19.3. The second-order valence-corrected chi connectivity index (χ2v) is 7.53. The molecule has 1 amide bonds. The predicted molar refractivity (Wildman–Crippen MR) is 100 cm³/mol. The van der Waals surface area contributed by atoms with Gasteiger partial charge < -0.3 is 14.6 Å². The Hall–Kier alpha value is -2.02. The number of hydrogen-bond donors (Lipinski definition) is 1. The molecular weight excluding hydrogens is 336 g/mol. The van der Waals surface area contributed by atoms with Gasteiger partial charge in [0.05, 0.1) is 13.7 Å². The van der Waals surface area contributed by atoms with E-state index in [0.29, 0.717) is 17.4 Å². The summed E-state index contributed by atoms with van der Waals surface area (Å²) in [6.07, 6.45) is 2.16. The molecule has 2 aromatic rings. The predicted octanol–water partition coefficient (Wildman–Crippen LogP) is 3.52. The topological polar surface area (TPSA) is 69.0 Å². The van der Waals surface area contributed by atoms with Crippen molar-refractivity contribution in [3.63, 3.8) is 0 Å². The van der Waals surface area contributed by atoms with E-state index in [2.05, 4.69) is 40.9 Å². The van der Waals surface area contributed by atoms with Crippen LogP contribution in [0.4, 0.5) is 0 Å². The Labute approximate surface area is 153 Å². The molecule has 1 N–H and O–H groups in total. The van der Waals surface area contributed by atoms with Crippen molar-refractivity contribution in [2.75, 3.05) is 7.11 Å². The number of amides is 1. The SMILES string of the molecule is CCCCn1c(CNC(=O)c2ccc(OC)cc2)nnc1SC(C)C. The van der Waals surface area contributed by atoms with Gasteiger partial charge in [-0.05, 0) is 30.7 Å². The van der Waals surface area contributed by atoms with E-state index in [4.69, 9.17) is 4.74 Å². The maximum atomic E-state index is 12.3. The minimum Gasteiger partial charge on any atom is -0.497 e. The molecule has 136 valence electrons. The Morgan fingerprint density at radius 2 is 2.00 bits per heavy atom. The maximum Gasteiger partial charge on any atom is 0.251 e. The molecule has 0 fully saturated rings. The minimum atomic E-state index is -0.134. The Kier molecular flexibility index (Phi) is 7.31. The molecule has 2 rings (SSSR count). The molecular formula is C18H26N4O2S. The van der Waals surface area contributed by atoms with Crippen molar-refractivity contribution >= 4 is 17.7 Å². The summed E-state index contributed by atoms with van der Waals surface area (Å²) < 4.78 is 7.22. The molecule has 0 unspecified atom stereocenters. The van der Waals surface area contributed by atoms with E-state index in [1.807, 2.05) is 0 Å². The van der Waals surface area contributed by atoms with Crippen molar-refractivity contribution < 1.29 is 9.53 Å². The van der Waals surface area contributed by atoms with Gasteiger partial charge in [0.2, 0.25) is 0 Å². The van der Waals surface area contributed by atoms with Crippen LogP contribution in [-0.2, 0) is 13.1 Å². The lowest BCUT2D eigenvalue weighted by atomic mass is 10.2. The third-order valence-corrected chi connectivity index (χ3v) is 4.61. The number of methoxy groups -OCH3 is 1. The van der Waals surface area contributed by atoms with E-state index in [1.54, 1.807) is 43.1 Å². The summed E-state index contributed by atoms with van der Waals surface area (Å²) in [5, 5.41) is 12.8. The van der Waals surface area contributed by atoms with Gasteiger partial charge in [0, 0.05) is 17.4 Å². The molecule has 25 heavy (non-hydrogen) atoms. The zero-order valence-corrected chi connectivity index (χ0v) is 16.1. The number of hydrogen-bond acceptors (Lipinski definition) is 5. The molecule has 0 saturated carbocycles. The van der Waals surface area contributed by atoms with Gasteiger partial charge in [0.1, 0.15) is 5.75 Å². The lowest BCUT2D eigenvalue weighted by molar-refractivity contribution is 0.0949. The van der Waals surface area contributed by atoms with Gasteiger partial charge in [-0.15, -0.1) is 10.2 Å². The smallest absolute Gasteiger partial charge is 0.251 e. The van der Waals surface area contributed by atoms with Crippen molar-refractivity contribution in [2.24, 2.45) is 0 Å². The summed E-state index contributed by atoms with van der Waals surface area (Å²) in [6.45, 7) is 7.65. The van der Waals surface area contributed by atoms with Crippen LogP contribution in [0.2, 0.25) is 0 Å².